The summed E-state index contributed by atoms with van der Waals surface area (Å²) in [6.45, 7) is 6.88. The molecule has 144 heavy (non-hydrogen) atoms. The number of nitrogen functional groups attached to an aromatic ring is 6. The van der Waals surface area contributed by atoms with Gasteiger partial charge in [0.1, 0.15) is 69.0 Å². The zero-order valence-electron chi connectivity index (χ0n) is 87.9. The number of anilines is 6. The van der Waals surface area contributed by atoms with E-state index in [2.05, 4.69) is 166 Å². The van der Waals surface area contributed by atoms with Crippen LogP contribution in [0.1, 0.15) is 382 Å². The van der Waals surface area contributed by atoms with Gasteiger partial charge in [0, 0.05) is 86.8 Å². The molecule has 12 heteroatoms. The minimum atomic E-state index is -0.0299. The molecular formula is C132H174N6O6. The zero-order chi connectivity index (χ0) is 100. The maximum atomic E-state index is 6.15. The highest BCUT2D eigenvalue weighted by molar-refractivity contribution is 5.55. The number of benzene rings is 12. The molecule has 0 saturated heterocycles. The Hall–Kier alpha value is -11.8. The molecule has 768 valence electrons. The molecule has 0 aliphatic heterocycles. The molecule has 0 heterocycles. The van der Waals surface area contributed by atoms with Gasteiger partial charge in [0.25, 0.3) is 0 Å². The number of ether oxygens (including phenoxy) is 6. The molecule has 0 aromatic heterocycles. The molecule has 0 atom stereocenters. The Morgan fingerprint density at radius 1 is 0.174 bits per heavy atom. The second-order valence-electron chi connectivity index (χ2n) is 42.3. The molecule has 0 amide bonds. The molecular weight excluding hydrogens is 1770 g/mol. The van der Waals surface area contributed by atoms with E-state index in [9.17, 15) is 0 Å². The van der Waals surface area contributed by atoms with Crippen LogP contribution in [-0.4, -0.2) is 0 Å². The van der Waals surface area contributed by atoms with E-state index in [4.69, 9.17) is 62.8 Å². The summed E-state index contributed by atoms with van der Waals surface area (Å²) in [4.78, 5) is 0. The van der Waals surface area contributed by atoms with Crippen LogP contribution in [0.15, 0.2) is 291 Å². The normalized spacial score (nSPS) is 14.5. The maximum Gasteiger partial charge on any atom is 0.129 e. The first kappa shape index (κ1) is 109. The molecule has 12 aromatic rings. The average molecular weight is 1940 g/mol. The van der Waals surface area contributed by atoms with Crippen LogP contribution < -0.4 is 62.8 Å². The second kappa shape index (κ2) is 60.2. The van der Waals surface area contributed by atoms with Gasteiger partial charge in [-0.3, -0.25) is 0 Å². The lowest BCUT2D eigenvalue weighted by molar-refractivity contribution is 0.250. The van der Waals surface area contributed by atoms with Crippen molar-refractivity contribution in [2.45, 2.75) is 364 Å². The lowest BCUT2D eigenvalue weighted by atomic mass is 9.62. The summed E-state index contributed by atoms with van der Waals surface area (Å²) >= 11 is 0. The number of nitrogens with two attached hydrogens (primary N) is 6. The Morgan fingerprint density at radius 2 is 0.312 bits per heavy atom. The van der Waals surface area contributed by atoms with Gasteiger partial charge < -0.3 is 62.8 Å². The standard InChI is InChI=1S/C45H60N2O2.C44H58N2O2.C43H56N2O2/c1-2-3-4-5-6-7-8-9-10-11-12-13-14-17-36-30-32-45(33-31-36,37-22-26-41(27-23-37)48-43-20-15-18-39(46)34-43)38-24-28-42(29-25-38)49-44-21-16-19-40(47)35-44;1-2-3-4-5-6-7-8-9-10-11-12-13-16-35-29-31-44(32-30-35,36-21-25-40(26-22-36)47-42-19-14-17-38(45)33-42)37-23-27-41(28-24-37)48-43-20-15-18-39(46)34-43;1-2-3-4-5-6-7-8-9-10-11-12-15-34-28-30-43(31-29-34,35-20-24-39(25-21-35)46-41-18-13-16-37(44)32-41)36-22-26-40(27-23-36)47-42-19-14-17-38(45)33-42/h15-16,18-29,34-36H,2-14,17,30-33,46-47H2,1H3;14-15,17-28,33-35H,2-13,16,29-32,45-46H2,1H3;13-14,16-27,32-34H,2-12,15,28-31,44-45H2,1H3. The van der Waals surface area contributed by atoms with Crippen LogP contribution in [0, 0.1) is 17.8 Å². The van der Waals surface area contributed by atoms with Crippen LogP contribution in [0.25, 0.3) is 0 Å². The smallest absolute Gasteiger partial charge is 0.129 e. The fourth-order valence-corrected chi connectivity index (χ4v) is 22.8. The van der Waals surface area contributed by atoms with Gasteiger partial charge in [0.05, 0.1) is 0 Å². The van der Waals surface area contributed by atoms with Gasteiger partial charge >= 0.3 is 0 Å². The second-order valence-corrected chi connectivity index (χ2v) is 42.3. The molecule has 3 aliphatic rings. The molecule has 12 nitrogen and oxygen atoms in total. The van der Waals surface area contributed by atoms with Crippen molar-refractivity contribution >= 4 is 34.1 Å². The third-order valence-electron chi connectivity index (χ3n) is 31.3. The first-order valence-electron chi connectivity index (χ1n) is 56.5. The molecule has 15 rings (SSSR count). The van der Waals surface area contributed by atoms with Gasteiger partial charge in [-0.2, -0.15) is 0 Å². The highest BCUT2D eigenvalue weighted by atomic mass is 16.5. The first-order valence-corrected chi connectivity index (χ1v) is 56.5. The molecule has 12 aromatic carbocycles. The van der Waals surface area contributed by atoms with Crippen molar-refractivity contribution in [2.24, 2.45) is 17.8 Å². The molecule has 0 unspecified atom stereocenters. The van der Waals surface area contributed by atoms with E-state index in [1.807, 2.05) is 146 Å². The van der Waals surface area contributed by atoms with Gasteiger partial charge in [-0.1, -0.05) is 380 Å². The van der Waals surface area contributed by atoms with Crippen molar-refractivity contribution in [3.05, 3.63) is 325 Å². The molecule has 3 saturated carbocycles. The first-order chi connectivity index (χ1) is 70.6. The summed E-state index contributed by atoms with van der Waals surface area (Å²) in [6, 6.07) is 98.1. The third kappa shape index (κ3) is 35.9. The van der Waals surface area contributed by atoms with E-state index >= 15 is 0 Å². The van der Waals surface area contributed by atoms with E-state index < -0.39 is 0 Å². The minimum Gasteiger partial charge on any atom is -0.457 e. The predicted molar refractivity (Wildman–Crippen MR) is 610 cm³/mol. The summed E-state index contributed by atoms with van der Waals surface area (Å²) in [5.41, 5.74) is 48.1. The van der Waals surface area contributed by atoms with Crippen molar-refractivity contribution in [1.82, 2.24) is 0 Å². The number of rotatable bonds is 57. The van der Waals surface area contributed by atoms with Crippen molar-refractivity contribution in [3.63, 3.8) is 0 Å². The summed E-state index contributed by atoms with van der Waals surface area (Å²) in [5, 5.41) is 0. The summed E-state index contributed by atoms with van der Waals surface area (Å²) < 4.78 is 36.8. The van der Waals surface area contributed by atoms with Crippen LogP contribution in [0.2, 0.25) is 0 Å². The number of hydrogen-bond acceptors (Lipinski definition) is 12. The third-order valence-corrected chi connectivity index (χ3v) is 31.3. The van der Waals surface area contributed by atoms with Crippen LogP contribution in [0.3, 0.4) is 0 Å². The maximum absolute atomic E-state index is 6.15. The molecule has 0 radical (unpaired) electrons. The average Bonchev–Trinajstić information content (AvgIpc) is 0.771. The highest BCUT2D eigenvalue weighted by Crippen LogP contribution is 2.53. The Balaban J connectivity index is 0.000000181. The Morgan fingerprint density at radius 3 is 0.451 bits per heavy atom. The van der Waals surface area contributed by atoms with Crippen LogP contribution in [0.4, 0.5) is 34.1 Å². The molecule has 0 spiro atoms. The Bertz CT molecular complexity index is 5280. The van der Waals surface area contributed by atoms with Crippen LogP contribution in [0.5, 0.6) is 69.0 Å². The lowest BCUT2D eigenvalue weighted by Crippen LogP contribution is -2.33. The van der Waals surface area contributed by atoms with Gasteiger partial charge in [0.2, 0.25) is 0 Å². The molecule has 3 aliphatic carbocycles. The van der Waals surface area contributed by atoms with E-state index in [0.29, 0.717) is 34.1 Å². The van der Waals surface area contributed by atoms with Crippen molar-refractivity contribution in [3.8, 4) is 69.0 Å². The SMILES string of the molecule is CCCCCCCCCCCCCC1CCC(c2ccc(Oc3cccc(N)c3)cc2)(c2ccc(Oc3cccc(N)c3)cc2)CC1.CCCCCCCCCCCCCCC1CCC(c2ccc(Oc3cccc(N)c3)cc2)(c2ccc(Oc3cccc(N)c3)cc2)CC1.CCCCCCCCCCCCCCCC1CCC(c2ccc(Oc3cccc(N)c3)cc2)(c2ccc(Oc3cccc(N)c3)cc2)CC1. The van der Waals surface area contributed by atoms with Gasteiger partial charge in [-0.25, -0.2) is 0 Å². The summed E-state index contributed by atoms with van der Waals surface area (Å²) in [7, 11) is 0. The summed E-state index contributed by atoms with van der Waals surface area (Å²) in [6.07, 6.45) is 69.4. The van der Waals surface area contributed by atoms with Crippen molar-refractivity contribution in [2.75, 3.05) is 34.4 Å². The number of unbranched alkanes of at least 4 members (excludes halogenated alkanes) is 33. The lowest BCUT2D eigenvalue weighted by Gasteiger charge is -2.41. The largest absolute Gasteiger partial charge is 0.457 e. The summed E-state index contributed by atoms with van der Waals surface area (Å²) in [5.74, 6) is 11.9. The van der Waals surface area contributed by atoms with E-state index in [1.54, 1.807) is 0 Å². The molecule has 3 fully saturated rings. The van der Waals surface area contributed by atoms with Crippen LogP contribution in [-0.2, 0) is 16.2 Å². The Labute approximate surface area is 867 Å². The number of hydrogen-bond donors (Lipinski definition) is 6. The fourth-order valence-electron chi connectivity index (χ4n) is 22.8. The van der Waals surface area contributed by atoms with E-state index in [1.165, 1.54) is 322 Å². The van der Waals surface area contributed by atoms with Crippen molar-refractivity contribution < 1.29 is 28.4 Å². The monoisotopic (exact) mass is 1940 g/mol. The van der Waals surface area contributed by atoms with Gasteiger partial charge in [-0.15, -0.1) is 0 Å². The van der Waals surface area contributed by atoms with E-state index in [-0.39, 0.29) is 16.2 Å². The quantitative estimate of drug-likeness (QED) is 0.0155. The molecule has 0 bridgehead atoms. The van der Waals surface area contributed by atoms with Gasteiger partial charge in [-0.05, 0) is 274 Å². The zero-order valence-corrected chi connectivity index (χ0v) is 87.9. The topological polar surface area (TPSA) is 212 Å². The van der Waals surface area contributed by atoms with Crippen molar-refractivity contribution in [1.29, 1.82) is 0 Å². The predicted octanol–water partition coefficient (Wildman–Crippen LogP) is 39.0. The minimum absolute atomic E-state index is 0.0287. The van der Waals surface area contributed by atoms with Gasteiger partial charge in [0.15, 0.2) is 0 Å². The highest BCUT2D eigenvalue weighted by Gasteiger charge is 2.42. The van der Waals surface area contributed by atoms with E-state index in [0.717, 1.165) is 125 Å². The van der Waals surface area contributed by atoms with Crippen LogP contribution >= 0.6 is 0 Å². The Kier molecular flexibility index (Phi) is 45.8. The fraction of sp³-hybridized carbons (Fsp3) is 0.455. The molecule has 12 N–H and O–H groups in total.